The van der Waals surface area contributed by atoms with Crippen LogP contribution in [0.25, 0.3) is 0 Å². The van der Waals surface area contributed by atoms with Gasteiger partial charge in [0.1, 0.15) is 5.67 Å². The van der Waals surface area contributed by atoms with E-state index in [1.54, 1.807) is 0 Å². The van der Waals surface area contributed by atoms with E-state index < -0.39 is 11.6 Å². The molecule has 1 aliphatic rings. The Morgan fingerprint density at radius 3 is 1.82 bits per heavy atom. The summed E-state index contributed by atoms with van der Waals surface area (Å²) in [6.45, 7) is -0.136. The first-order valence-electron chi connectivity index (χ1n) is 3.74. The van der Waals surface area contributed by atoms with E-state index in [4.69, 9.17) is 5.73 Å². The van der Waals surface area contributed by atoms with Gasteiger partial charge in [0.05, 0.1) is 0 Å². The number of alkyl halides is 3. The lowest BCUT2D eigenvalue weighted by Crippen LogP contribution is -2.40. The Bertz CT molecular complexity index is 137. The molecule has 1 aliphatic carbocycles. The standard InChI is InChI=1S/C7H12F3N/c8-6(5-11)1-3-7(9,10)4-2-6/h1-5,11H2. The van der Waals surface area contributed by atoms with Crippen molar-refractivity contribution in [2.45, 2.75) is 37.3 Å². The van der Waals surface area contributed by atoms with E-state index in [1.165, 1.54) is 0 Å². The lowest BCUT2D eigenvalue weighted by molar-refractivity contribution is -0.0729. The maximum Gasteiger partial charge on any atom is 0.248 e. The van der Waals surface area contributed by atoms with Crippen LogP contribution in [0.2, 0.25) is 0 Å². The Labute approximate surface area is 63.8 Å². The summed E-state index contributed by atoms with van der Waals surface area (Å²) in [5, 5.41) is 0. The zero-order chi connectivity index (χ0) is 8.54. The average Bonchev–Trinajstić information content (AvgIpc) is 1.97. The first kappa shape index (κ1) is 8.84. The molecule has 0 saturated heterocycles. The van der Waals surface area contributed by atoms with E-state index in [1.807, 2.05) is 0 Å². The van der Waals surface area contributed by atoms with E-state index in [0.717, 1.165) is 0 Å². The molecule has 0 heterocycles. The van der Waals surface area contributed by atoms with Crippen molar-refractivity contribution in [2.24, 2.45) is 5.73 Å². The minimum Gasteiger partial charge on any atom is -0.328 e. The average molecular weight is 167 g/mol. The predicted octanol–water partition coefficient (Wildman–Crippen LogP) is 1.86. The molecule has 0 unspecified atom stereocenters. The normalized spacial score (nSPS) is 28.4. The largest absolute Gasteiger partial charge is 0.328 e. The van der Waals surface area contributed by atoms with E-state index in [9.17, 15) is 13.2 Å². The number of hydrogen-bond donors (Lipinski definition) is 1. The zero-order valence-electron chi connectivity index (χ0n) is 6.25. The maximum atomic E-state index is 13.2. The topological polar surface area (TPSA) is 26.0 Å². The fourth-order valence-corrected chi connectivity index (χ4v) is 1.27. The van der Waals surface area contributed by atoms with Crippen molar-refractivity contribution in [1.82, 2.24) is 0 Å². The molecule has 1 saturated carbocycles. The lowest BCUT2D eigenvalue weighted by atomic mass is 9.84. The van der Waals surface area contributed by atoms with Crippen LogP contribution in [0.4, 0.5) is 13.2 Å². The highest BCUT2D eigenvalue weighted by molar-refractivity contribution is 4.89. The van der Waals surface area contributed by atoms with Gasteiger partial charge in [0, 0.05) is 19.4 Å². The quantitative estimate of drug-likeness (QED) is 0.633. The molecule has 0 bridgehead atoms. The minimum atomic E-state index is -2.66. The molecule has 0 atom stereocenters. The molecule has 0 aromatic carbocycles. The highest BCUT2D eigenvalue weighted by Gasteiger charge is 2.42. The molecule has 4 heteroatoms. The van der Waals surface area contributed by atoms with Crippen LogP contribution in [0.3, 0.4) is 0 Å². The van der Waals surface area contributed by atoms with Gasteiger partial charge < -0.3 is 5.73 Å². The first-order valence-corrected chi connectivity index (χ1v) is 3.74. The van der Waals surface area contributed by atoms with Crippen LogP contribution in [-0.4, -0.2) is 18.1 Å². The summed E-state index contributed by atoms with van der Waals surface area (Å²) in [5.41, 5.74) is 3.58. The predicted molar refractivity (Wildman–Crippen MR) is 36.3 cm³/mol. The van der Waals surface area contributed by atoms with Crippen LogP contribution in [0.1, 0.15) is 25.7 Å². The molecule has 0 aromatic heterocycles. The van der Waals surface area contributed by atoms with Crippen LogP contribution in [0.15, 0.2) is 0 Å². The van der Waals surface area contributed by atoms with Crippen LogP contribution < -0.4 is 5.73 Å². The van der Waals surface area contributed by atoms with Gasteiger partial charge in [0.25, 0.3) is 0 Å². The van der Waals surface area contributed by atoms with Crippen molar-refractivity contribution >= 4 is 0 Å². The van der Waals surface area contributed by atoms with Crippen LogP contribution >= 0.6 is 0 Å². The van der Waals surface area contributed by atoms with Gasteiger partial charge in [-0.2, -0.15) is 0 Å². The van der Waals surface area contributed by atoms with Gasteiger partial charge in [-0.15, -0.1) is 0 Å². The van der Waals surface area contributed by atoms with Gasteiger partial charge in [-0.25, -0.2) is 13.2 Å². The van der Waals surface area contributed by atoms with Crippen molar-refractivity contribution in [3.63, 3.8) is 0 Å². The molecule has 2 N–H and O–H groups in total. The van der Waals surface area contributed by atoms with Gasteiger partial charge in [0.2, 0.25) is 5.92 Å². The molecular formula is C7H12F3N. The first-order chi connectivity index (χ1) is 4.97. The Morgan fingerprint density at radius 1 is 1.00 bits per heavy atom. The number of halogens is 3. The molecule has 0 spiro atoms. The van der Waals surface area contributed by atoms with Crippen molar-refractivity contribution in [3.8, 4) is 0 Å². The summed E-state index contributed by atoms with van der Waals surface area (Å²) < 4.78 is 38.1. The van der Waals surface area contributed by atoms with Gasteiger partial charge in [-0.3, -0.25) is 0 Å². The molecule has 66 valence electrons. The Morgan fingerprint density at radius 2 is 1.45 bits per heavy atom. The Kier molecular flexibility index (Phi) is 2.14. The van der Waals surface area contributed by atoms with Crippen molar-refractivity contribution < 1.29 is 13.2 Å². The summed E-state index contributed by atoms with van der Waals surface area (Å²) in [5.74, 6) is -2.66. The molecule has 1 rings (SSSR count). The maximum absolute atomic E-state index is 13.2. The third-order valence-electron chi connectivity index (χ3n) is 2.24. The summed E-state index contributed by atoms with van der Waals surface area (Å²) in [7, 11) is 0. The molecular weight excluding hydrogens is 155 g/mol. The van der Waals surface area contributed by atoms with Gasteiger partial charge >= 0.3 is 0 Å². The van der Waals surface area contributed by atoms with Gasteiger partial charge in [-0.05, 0) is 12.8 Å². The second-order valence-corrected chi connectivity index (χ2v) is 3.21. The van der Waals surface area contributed by atoms with Crippen LogP contribution in [-0.2, 0) is 0 Å². The SMILES string of the molecule is NCC1(F)CCC(F)(F)CC1. The molecule has 11 heavy (non-hydrogen) atoms. The van der Waals surface area contributed by atoms with Gasteiger partial charge in [-0.1, -0.05) is 0 Å². The smallest absolute Gasteiger partial charge is 0.248 e. The molecule has 0 aliphatic heterocycles. The summed E-state index contributed by atoms with van der Waals surface area (Å²) in [6.07, 6.45) is -0.922. The number of nitrogens with two attached hydrogens (primary N) is 1. The Balaban J connectivity index is 2.48. The zero-order valence-corrected chi connectivity index (χ0v) is 6.25. The monoisotopic (exact) mass is 167 g/mol. The van der Waals surface area contributed by atoms with Crippen molar-refractivity contribution in [1.29, 1.82) is 0 Å². The lowest BCUT2D eigenvalue weighted by Gasteiger charge is -2.32. The van der Waals surface area contributed by atoms with Crippen molar-refractivity contribution in [2.75, 3.05) is 6.54 Å². The summed E-state index contributed by atoms with van der Waals surface area (Å²) in [6, 6.07) is 0. The Hall–Kier alpha value is -0.250. The third kappa shape index (κ3) is 2.09. The van der Waals surface area contributed by atoms with E-state index >= 15 is 0 Å². The summed E-state index contributed by atoms with van der Waals surface area (Å²) in [4.78, 5) is 0. The highest BCUT2D eigenvalue weighted by atomic mass is 19.3. The van der Waals surface area contributed by atoms with Gasteiger partial charge in [0.15, 0.2) is 0 Å². The van der Waals surface area contributed by atoms with E-state index in [0.29, 0.717) is 0 Å². The van der Waals surface area contributed by atoms with Crippen molar-refractivity contribution in [3.05, 3.63) is 0 Å². The van der Waals surface area contributed by atoms with E-state index in [-0.39, 0.29) is 32.2 Å². The number of hydrogen-bond acceptors (Lipinski definition) is 1. The molecule has 1 fully saturated rings. The van der Waals surface area contributed by atoms with Crippen LogP contribution in [0, 0.1) is 0 Å². The minimum absolute atomic E-state index is 0.101. The summed E-state index contributed by atoms with van der Waals surface area (Å²) >= 11 is 0. The second kappa shape index (κ2) is 2.66. The van der Waals surface area contributed by atoms with Crippen LogP contribution in [0.5, 0.6) is 0 Å². The highest BCUT2D eigenvalue weighted by Crippen LogP contribution is 2.39. The number of rotatable bonds is 1. The molecule has 0 aromatic rings. The fourth-order valence-electron chi connectivity index (χ4n) is 1.27. The molecule has 0 amide bonds. The second-order valence-electron chi connectivity index (χ2n) is 3.21. The fraction of sp³-hybridized carbons (Fsp3) is 1.00. The third-order valence-corrected chi connectivity index (χ3v) is 2.24. The van der Waals surface area contributed by atoms with E-state index in [2.05, 4.69) is 0 Å². The molecule has 0 radical (unpaired) electrons. The molecule has 1 nitrogen and oxygen atoms in total.